The van der Waals surface area contributed by atoms with Gasteiger partial charge >= 0.3 is 0 Å². The fraction of sp³-hybridized carbons (Fsp3) is 0.625. The van der Waals surface area contributed by atoms with Crippen molar-refractivity contribution in [2.45, 2.75) is 38.8 Å². The maximum absolute atomic E-state index is 12.1. The minimum absolute atomic E-state index is 0.305. The molecule has 0 N–H and O–H groups in total. The van der Waals surface area contributed by atoms with Crippen molar-refractivity contribution >= 4 is 10.0 Å². The Kier molecular flexibility index (Phi) is 4.33. The Morgan fingerprint density at radius 3 is 2.62 bits per heavy atom. The van der Waals surface area contributed by atoms with E-state index in [4.69, 9.17) is 0 Å². The highest BCUT2D eigenvalue weighted by Crippen LogP contribution is 2.26. The van der Waals surface area contributed by atoms with Crippen LogP contribution in [-0.2, 0) is 23.0 Å². The second-order valence-electron chi connectivity index (χ2n) is 6.13. The predicted molar refractivity (Wildman–Crippen MR) is 84.6 cm³/mol. The SMILES string of the molecule is CCCCS(=O)(=O)N1CC(N2CCc3ccccc3C2)C1. The van der Waals surface area contributed by atoms with E-state index in [0.29, 0.717) is 24.9 Å². The zero-order valence-corrected chi connectivity index (χ0v) is 13.5. The highest BCUT2D eigenvalue weighted by molar-refractivity contribution is 7.89. The van der Waals surface area contributed by atoms with Gasteiger partial charge in [0.05, 0.1) is 5.75 Å². The summed E-state index contributed by atoms with van der Waals surface area (Å²) in [4.78, 5) is 2.44. The van der Waals surface area contributed by atoms with Gasteiger partial charge in [-0.25, -0.2) is 8.42 Å². The van der Waals surface area contributed by atoms with E-state index in [1.54, 1.807) is 4.31 Å². The molecule has 0 saturated carbocycles. The van der Waals surface area contributed by atoms with E-state index in [-0.39, 0.29) is 0 Å². The summed E-state index contributed by atoms with van der Waals surface area (Å²) in [5.41, 5.74) is 2.84. The average Bonchev–Trinajstić information content (AvgIpc) is 2.43. The molecule has 1 aromatic rings. The molecule has 116 valence electrons. The quantitative estimate of drug-likeness (QED) is 0.833. The summed E-state index contributed by atoms with van der Waals surface area (Å²) in [5.74, 6) is 0.305. The van der Waals surface area contributed by atoms with Crippen LogP contribution in [0.2, 0.25) is 0 Å². The summed E-state index contributed by atoms with van der Waals surface area (Å²) in [5, 5.41) is 0. The van der Waals surface area contributed by atoms with Gasteiger partial charge in [0.2, 0.25) is 10.0 Å². The first kappa shape index (κ1) is 15.0. The Bertz CT molecular complexity index is 594. The van der Waals surface area contributed by atoms with Gasteiger partial charge in [-0.2, -0.15) is 4.31 Å². The van der Waals surface area contributed by atoms with E-state index in [9.17, 15) is 8.42 Å². The standard InChI is InChI=1S/C16H24N2O2S/c1-2-3-10-21(19,20)18-12-16(13-18)17-9-8-14-6-4-5-7-15(14)11-17/h4-7,16H,2-3,8-13H2,1H3. The summed E-state index contributed by atoms with van der Waals surface area (Å²) < 4.78 is 25.9. The van der Waals surface area contributed by atoms with Crippen molar-refractivity contribution in [3.8, 4) is 0 Å². The second-order valence-corrected chi connectivity index (χ2v) is 8.22. The third-order valence-corrected chi connectivity index (χ3v) is 6.54. The third kappa shape index (κ3) is 3.15. The van der Waals surface area contributed by atoms with Crippen LogP contribution in [0, 0.1) is 0 Å². The summed E-state index contributed by atoms with van der Waals surface area (Å²) in [6, 6.07) is 8.98. The maximum atomic E-state index is 12.1. The van der Waals surface area contributed by atoms with E-state index < -0.39 is 10.0 Å². The summed E-state index contributed by atoms with van der Waals surface area (Å²) >= 11 is 0. The van der Waals surface area contributed by atoms with Gasteiger partial charge in [0, 0.05) is 32.2 Å². The molecule has 0 radical (unpaired) electrons. The van der Waals surface area contributed by atoms with E-state index in [1.165, 1.54) is 11.1 Å². The molecule has 1 saturated heterocycles. The van der Waals surface area contributed by atoms with Crippen LogP contribution in [0.25, 0.3) is 0 Å². The van der Waals surface area contributed by atoms with E-state index in [1.807, 2.05) is 6.92 Å². The summed E-state index contributed by atoms with van der Waals surface area (Å²) in [6.45, 7) is 5.39. The van der Waals surface area contributed by atoms with Crippen molar-refractivity contribution in [3.05, 3.63) is 35.4 Å². The molecule has 5 heteroatoms. The molecule has 1 fully saturated rings. The van der Waals surface area contributed by atoms with Crippen molar-refractivity contribution in [2.75, 3.05) is 25.4 Å². The molecule has 1 aromatic carbocycles. The zero-order chi connectivity index (χ0) is 14.9. The highest BCUT2D eigenvalue weighted by atomic mass is 32.2. The number of rotatable bonds is 5. The first-order valence-corrected chi connectivity index (χ1v) is 9.49. The van der Waals surface area contributed by atoms with Gasteiger partial charge in [0.25, 0.3) is 0 Å². The van der Waals surface area contributed by atoms with Crippen LogP contribution >= 0.6 is 0 Å². The molecule has 2 heterocycles. The Morgan fingerprint density at radius 2 is 1.90 bits per heavy atom. The van der Waals surface area contributed by atoms with Crippen molar-refractivity contribution < 1.29 is 8.42 Å². The lowest BCUT2D eigenvalue weighted by Crippen LogP contribution is -2.61. The first-order valence-electron chi connectivity index (χ1n) is 7.89. The molecule has 21 heavy (non-hydrogen) atoms. The Hall–Kier alpha value is -0.910. The molecule has 0 atom stereocenters. The number of unbranched alkanes of at least 4 members (excludes halogenated alkanes) is 1. The fourth-order valence-electron chi connectivity index (χ4n) is 3.16. The minimum atomic E-state index is -3.01. The van der Waals surface area contributed by atoms with E-state index in [0.717, 1.165) is 32.4 Å². The third-order valence-electron chi connectivity index (χ3n) is 4.65. The van der Waals surface area contributed by atoms with Crippen LogP contribution in [0.3, 0.4) is 0 Å². The molecule has 0 aliphatic carbocycles. The van der Waals surface area contributed by atoms with Crippen molar-refractivity contribution in [1.29, 1.82) is 0 Å². The van der Waals surface area contributed by atoms with Gasteiger partial charge in [0.1, 0.15) is 0 Å². The molecule has 0 spiro atoms. The topological polar surface area (TPSA) is 40.6 Å². The molecule has 3 rings (SSSR count). The fourth-order valence-corrected chi connectivity index (χ4v) is 4.87. The van der Waals surface area contributed by atoms with Crippen LogP contribution in [0.1, 0.15) is 30.9 Å². The van der Waals surface area contributed by atoms with Crippen LogP contribution in [0.5, 0.6) is 0 Å². The largest absolute Gasteiger partial charge is 0.293 e. The number of hydrogen-bond acceptors (Lipinski definition) is 3. The highest BCUT2D eigenvalue weighted by Gasteiger charge is 2.39. The second kappa shape index (κ2) is 6.07. The monoisotopic (exact) mass is 308 g/mol. The molecule has 2 aliphatic rings. The number of hydrogen-bond donors (Lipinski definition) is 0. The Labute approximate surface area is 127 Å². The predicted octanol–water partition coefficient (Wildman–Crippen LogP) is 1.86. The van der Waals surface area contributed by atoms with E-state index in [2.05, 4.69) is 29.2 Å². The van der Waals surface area contributed by atoms with Crippen LogP contribution in [0.15, 0.2) is 24.3 Å². The zero-order valence-electron chi connectivity index (χ0n) is 12.7. The van der Waals surface area contributed by atoms with Gasteiger partial charge in [-0.15, -0.1) is 0 Å². The number of benzene rings is 1. The van der Waals surface area contributed by atoms with Gasteiger partial charge in [0.15, 0.2) is 0 Å². The molecule has 0 unspecified atom stereocenters. The molecular formula is C16H24N2O2S. The Balaban J connectivity index is 1.56. The molecule has 4 nitrogen and oxygen atoms in total. The molecule has 2 aliphatic heterocycles. The lowest BCUT2D eigenvalue weighted by Gasteiger charge is -2.46. The molecule has 0 amide bonds. The van der Waals surface area contributed by atoms with Crippen LogP contribution in [-0.4, -0.2) is 49.1 Å². The maximum Gasteiger partial charge on any atom is 0.214 e. The summed E-state index contributed by atoms with van der Waals surface area (Å²) in [7, 11) is -3.01. The normalized spacial score (nSPS) is 21.0. The van der Waals surface area contributed by atoms with Gasteiger partial charge < -0.3 is 0 Å². The minimum Gasteiger partial charge on any atom is -0.293 e. The van der Waals surface area contributed by atoms with Crippen molar-refractivity contribution in [1.82, 2.24) is 9.21 Å². The van der Waals surface area contributed by atoms with Gasteiger partial charge in [-0.3, -0.25) is 4.90 Å². The number of sulfonamides is 1. The first-order chi connectivity index (χ1) is 10.1. The van der Waals surface area contributed by atoms with E-state index >= 15 is 0 Å². The smallest absolute Gasteiger partial charge is 0.214 e. The van der Waals surface area contributed by atoms with Crippen molar-refractivity contribution in [3.63, 3.8) is 0 Å². The van der Waals surface area contributed by atoms with Gasteiger partial charge in [-0.05, 0) is 24.0 Å². The van der Waals surface area contributed by atoms with Crippen molar-refractivity contribution in [2.24, 2.45) is 0 Å². The molecule has 0 bridgehead atoms. The number of fused-ring (bicyclic) bond motifs is 1. The van der Waals surface area contributed by atoms with Gasteiger partial charge in [-0.1, -0.05) is 37.6 Å². The van der Waals surface area contributed by atoms with Crippen LogP contribution in [0.4, 0.5) is 0 Å². The molecule has 0 aromatic heterocycles. The lowest BCUT2D eigenvalue weighted by atomic mass is 9.97. The average molecular weight is 308 g/mol. The number of nitrogens with zero attached hydrogens (tertiary/aromatic N) is 2. The Morgan fingerprint density at radius 1 is 1.19 bits per heavy atom. The summed E-state index contributed by atoms with van der Waals surface area (Å²) in [6.07, 6.45) is 2.77. The lowest BCUT2D eigenvalue weighted by molar-refractivity contribution is 0.0769. The molecular weight excluding hydrogens is 284 g/mol. The van der Waals surface area contributed by atoms with Crippen LogP contribution < -0.4 is 0 Å².